The summed E-state index contributed by atoms with van der Waals surface area (Å²) in [5, 5.41) is 13.0. The molecule has 4 rings (SSSR count). The molecule has 0 saturated heterocycles. The Morgan fingerprint density at radius 2 is 2.03 bits per heavy atom. The number of nitrogens with one attached hydrogen (secondary N) is 1. The number of aromatic nitrogens is 1. The summed E-state index contributed by atoms with van der Waals surface area (Å²) in [6.45, 7) is 4.02. The topological polar surface area (TPSA) is 101 Å². The number of halogens is 3. The van der Waals surface area contributed by atoms with E-state index in [9.17, 15) is 23.9 Å². The Bertz CT molecular complexity index is 1190. The largest absolute Gasteiger partial charge is 0.503 e. The predicted molar refractivity (Wildman–Crippen MR) is 126 cm³/mol. The number of fused-ring (bicyclic) bond motifs is 2. The van der Waals surface area contributed by atoms with Crippen LogP contribution in [0.25, 0.3) is 0 Å². The van der Waals surface area contributed by atoms with Gasteiger partial charge in [-0.25, -0.2) is 4.39 Å². The summed E-state index contributed by atoms with van der Waals surface area (Å²) in [5.41, 5.74) is -1.88. The van der Waals surface area contributed by atoms with Crippen LogP contribution in [0, 0.1) is 5.82 Å². The van der Waals surface area contributed by atoms with E-state index in [1.165, 1.54) is 23.2 Å². The van der Waals surface area contributed by atoms with Crippen LogP contribution in [0.4, 0.5) is 4.39 Å². The molecule has 0 atom stereocenters. The summed E-state index contributed by atoms with van der Waals surface area (Å²) in [7, 11) is 1.61. The third kappa shape index (κ3) is 4.39. The molecular weight excluding hydrogens is 488 g/mol. The van der Waals surface area contributed by atoms with Gasteiger partial charge in [-0.15, -0.1) is 12.4 Å². The molecule has 1 spiro atoms. The Morgan fingerprint density at radius 3 is 2.68 bits per heavy atom. The minimum absolute atomic E-state index is 0. The first-order valence-corrected chi connectivity index (χ1v) is 11.0. The van der Waals surface area contributed by atoms with E-state index in [4.69, 9.17) is 16.3 Å². The summed E-state index contributed by atoms with van der Waals surface area (Å²) >= 11 is 5.77. The summed E-state index contributed by atoms with van der Waals surface area (Å²) in [6.07, 6.45) is 2.44. The molecule has 0 bridgehead atoms. The molecule has 184 valence electrons. The van der Waals surface area contributed by atoms with Gasteiger partial charge in [-0.3, -0.25) is 14.4 Å². The van der Waals surface area contributed by atoms with Crippen molar-refractivity contribution in [1.29, 1.82) is 0 Å². The molecule has 1 fully saturated rings. The van der Waals surface area contributed by atoms with Crippen LogP contribution in [0.3, 0.4) is 0 Å². The van der Waals surface area contributed by atoms with Crippen molar-refractivity contribution in [2.24, 2.45) is 0 Å². The smallest absolute Gasteiger partial charge is 0.274 e. The number of ether oxygens (including phenoxy) is 1. The van der Waals surface area contributed by atoms with Crippen LogP contribution in [0.5, 0.6) is 5.75 Å². The first-order valence-electron chi connectivity index (χ1n) is 10.6. The van der Waals surface area contributed by atoms with E-state index in [1.54, 1.807) is 17.7 Å². The molecule has 11 heteroatoms. The van der Waals surface area contributed by atoms with Crippen LogP contribution in [0.1, 0.15) is 53.1 Å². The maximum atomic E-state index is 14.1. The number of rotatable bonds is 5. The molecule has 1 saturated carbocycles. The maximum absolute atomic E-state index is 14.1. The maximum Gasteiger partial charge on any atom is 0.274 e. The fourth-order valence-corrected chi connectivity index (χ4v) is 4.86. The molecule has 1 aliphatic carbocycles. The second-order valence-corrected chi connectivity index (χ2v) is 9.34. The zero-order chi connectivity index (χ0) is 24.1. The van der Waals surface area contributed by atoms with Gasteiger partial charge in [-0.2, -0.15) is 0 Å². The van der Waals surface area contributed by atoms with Crippen molar-refractivity contribution in [2.75, 3.05) is 13.6 Å². The number of nitrogens with zero attached hydrogens (tertiary/aromatic N) is 2. The van der Waals surface area contributed by atoms with E-state index in [0.717, 1.165) is 0 Å². The lowest BCUT2D eigenvalue weighted by atomic mass is 9.72. The van der Waals surface area contributed by atoms with E-state index < -0.39 is 34.3 Å². The lowest BCUT2D eigenvalue weighted by Crippen LogP contribution is -2.61. The average molecular weight is 514 g/mol. The lowest BCUT2D eigenvalue weighted by Gasteiger charge is -2.54. The fraction of sp³-hybridized carbons (Fsp3) is 0.435. The van der Waals surface area contributed by atoms with Gasteiger partial charge in [-0.05, 0) is 32.8 Å². The molecule has 2 aromatic rings. The third-order valence-electron chi connectivity index (χ3n) is 6.17. The van der Waals surface area contributed by atoms with Crippen molar-refractivity contribution in [3.8, 4) is 5.75 Å². The normalized spacial score (nSPS) is 21.2. The Kier molecular flexibility index (Phi) is 7.31. The number of aromatic hydroxyl groups is 1. The quantitative estimate of drug-likeness (QED) is 0.639. The molecule has 0 radical (unpaired) electrons. The highest BCUT2D eigenvalue weighted by Gasteiger charge is 2.52. The lowest BCUT2D eigenvalue weighted by molar-refractivity contribution is -0.107. The van der Waals surface area contributed by atoms with E-state index in [1.807, 2.05) is 13.8 Å². The predicted octanol–water partition coefficient (Wildman–Crippen LogP) is 3.07. The van der Waals surface area contributed by atoms with Crippen LogP contribution in [0.2, 0.25) is 5.02 Å². The first-order chi connectivity index (χ1) is 15.5. The van der Waals surface area contributed by atoms with Crippen LogP contribution < -0.4 is 10.7 Å². The molecule has 34 heavy (non-hydrogen) atoms. The Hall–Kier alpha value is -2.62. The van der Waals surface area contributed by atoms with E-state index >= 15 is 0 Å². The number of pyridine rings is 1. The van der Waals surface area contributed by atoms with Crippen molar-refractivity contribution >= 4 is 35.8 Å². The molecule has 2 heterocycles. The molecule has 8 nitrogen and oxygen atoms in total. The Labute approximate surface area is 207 Å². The molecule has 1 aromatic carbocycles. The SMILES string of the molecule is CC(C)OC1CC2(C1)CN(C)C(=O)c1c(O)c(=O)c(C(=O)NCc3cccc(Cl)c3F)cn12.Cl. The van der Waals surface area contributed by atoms with Crippen molar-refractivity contribution in [1.82, 2.24) is 14.8 Å². The molecule has 2 aliphatic rings. The molecule has 2 N–H and O–H groups in total. The van der Waals surface area contributed by atoms with Gasteiger partial charge in [-0.1, -0.05) is 23.7 Å². The number of amides is 2. The van der Waals surface area contributed by atoms with E-state index in [0.29, 0.717) is 19.4 Å². The van der Waals surface area contributed by atoms with Crippen molar-refractivity contribution < 1.29 is 23.8 Å². The third-order valence-corrected chi connectivity index (χ3v) is 6.46. The van der Waals surface area contributed by atoms with Crippen molar-refractivity contribution in [3.05, 3.63) is 62.3 Å². The van der Waals surface area contributed by atoms with Gasteiger partial charge in [0.05, 0.1) is 22.8 Å². The highest BCUT2D eigenvalue weighted by atomic mass is 35.5. The van der Waals surface area contributed by atoms with E-state index in [2.05, 4.69) is 5.32 Å². The van der Waals surface area contributed by atoms with Gasteiger partial charge in [0.15, 0.2) is 11.4 Å². The number of hydrogen-bond donors (Lipinski definition) is 2. The van der Waals surface area contributed by atoms with Gasteiger partial charge < -0.3 is 24.6 Å². The summed E-state index contributed by atoms with van der Waals surface area (Å²) in [6, 6.07) is 4.40. The zero-order valence-corrected chi connectivity index (χ0v) is 20.5. The summed E-state index contributed by atoms with van der Waals surface area (Å²) < 4.78 is 21.5. The number of carbonyl (C=O) groups excluding carboxylic acids is 2. The Morgan fingerprint density at radius 1 is 1.35 bits per heavy atom. The van der Waals surface area contributed by atoms with E-state index in [-0.39, 0.29) is 53.0 Å². The number of likely N-dealkylation sites (N-methyl/N-ethyl adjacent to an activating group) is 1. The number of hydrogen-bond acceptors (Lipinski definition) is 5. The van der Waals surface area contributed by atoms with Crippen LogP contribution >= 0.6 is 24.0 Å². The standard InChI is InChI=1S/C23H25ClFN3O5.ClH/c1-12(2)33-14-7-23(8-14)11-27(3)22(32)18-20(30)19(29)15(10-28(18)23)21(31)26-9-13-5-4-6-16(24)17(13)25;/h4-6,10,12,14,30H,7-9,11H2,1-3H3,(H,26,31);1H. The molecule has 2 amide bonds. The molecule has 0 unspecified atom stereocenters. The van der Waals surface area contributed by atoms with Gasteiger partial charge in [0.2, 0.25) is 5.43 Å². The van der Waals surface area contributed by atoms with Gasteiger partial charge in [0.25, 0.3) is 11.8 Å². The van der Waals surface area contributed by atoms with Crippen molar-refractivity contribution in [3.63, 3.8) is 0 Å². The monoisotopic (exact) mass is 513 g/mol. The van der Waals surface area contributed by atoms with Crippen molar-refractivity contribution in [2.45, 2.75) is 51.0 Å². The van der Waals surface area contributed by atoms with Gasteiger partial charge in [0.1, 0.15) is 11.4 Å². The average Bonchev–Trinajstić information content (AvgIpc) is 2.73. The van der Waals surface area contributed by atoms with Crippen LogP contribution in [-0.4, -0.2) is 52.2 Å². The number of carbonyl (C=O) groups is 2. The second kappa shape index (κ2) is 9.56. The second-order valence-electron chi connectivity index (χ2n) is 8.94. The first kappa shape index (κ1) is 26.0. The Balaban J connectivity index is 0.00000324. The van der Waals surface area contributed by atoms with Crippen LogP contribution in [0.15, 0.2) is 29.2 Å². The fourth-order valence-electron chi connectivity index (χ4n) is 4.66. The van der Waals surface area contributed by atoms with Gasteiger partial charge >= 0.3 is 0 Å². The molecular formula is C23H26Cl2FN3O5. The van der Waals surface area contributed by atoms with Crippen LogP contribution in [-0.2, 0) is 16.8 Å². The summed E-state index contributed by atoms with van der Waals surface area (Å²) in [4.78, 5) is 39.8. The molecule has 1 aromatic heterocycles. The zero-order valence-electron chi connectivity index (χ0n) is 18.9. The number of benzene rings is 1. The highest BCUT2D eigenvalue weighted by Crippen LogP contribution is 2.46. The minimum Gasteiger partial charge on any atom is -0.503 e. The summed E-state index contributed by atoms with van der Waals surface area (Å²) in [5.74, 6) is -2.74. The molecule has 1 aliphatic heterocycles. The highest BCUT2D eigenvalue weighted by molar-refractivity contribution is 6.30. The minimum atomic E-state index is -0.960. The van der Waals surface area contributed by atoms with Gasteiger partial charge in [0, 0.05) is 31.9 Å².